The first-order chi connectivity index (χ1) is 12.3. The minimum Gasteiger partial charge on any atom is -0.493 e. The van der Waals surface area contributed by atoms with Crippen LogP contribution >= 0.6 is 12.4 Å². The molecule has 1 aliphatic rings. The number of anilines is 1. The number of hydrogen-bond acceptors (Lipinski definition) is 6. The molecule has 2 aromatic rings. The van der Waals surface area contributed by atoms with Crippen LogP contribution in [0.15, 0.2) is 36.5 Å². The number of nitrogens with zero attached hydrogens (tertiary/aromatic N) is 2. The van der Waals surface area contributed by atoms with Crippen LogP contribution in [0.5, 0.6) is 11.5 Å². The molecule has 1 N–H and O–H groups in total. The highest BCUT2D eigenvalue weighted by Crippen LogP contribution is 2.27. The lowest BCUT2D eigenvalue weighted by atomic mass is 10.2. The fourth-order valence-electron chi connectivity index (χ4n) is 2.84. The van der Waals surface area contributed by atoms with Gasteiger partial charge in [0.15, 0.2) is 11.5 Å². The van der Waals surface area contributed by atoms with Crippen LogP contribution in [0.1, 0.15) is 11.1 Å². The van der Waals surface area contributed by atoms with Crippen molar-refractivity contribution in [3.8, 4) is 11.5 Å². The molecule has 0 bridgehead atoms. The summed E-state index contributed by atoms with van der Waals surface area (Å²) < 4.78 is 16.0. The maximum absolute atomic E-state index is 5.37. The largest absolute Gasteiger partial charge is 0.493 e. The van der Waals surface area contributed by atoms with Crippen molar-refractivity contribution in [2.45, 2.75) is 13.1 Å². The number of pyridine rings is 1. The standard InChI is InChI=1S/C19H25N3O3.ClH/c1-23-17-5-3-15(11-18(17)24-2)12-20-13-16-4-6-19(21-14-16)22-7-9-25-10-8-22;/h3-6,11,14,20H,7-10,12-13H2,1-2H3;1H. The van der Waals surface area contributed by atoms with Crippen LogP contribution in [-0.4, -0.2) is 45.5 Å². The van der Waals surface area contributed by atoms with Gasteiger partial charge in [-0.3, -0.25) is 0 Å². The van der Waals surface area contributed by atoms with Gasteiger partial charge in [0, 0.05) is 32.4 Å². The van der Waals surface area contributed by atoms with Crippen molar-refractivity contribution in [3.63, 3.8) is 0 Å². The van der Waals surface area contributed by atoms with Gasteiger partial charge in [-0.2, -0.15) is 0 Å². The molecule has 1 saturated heterocycles. The van der Waals surface area contributed by atoms with Gasteiger partial charge in [-0.1, -0.05) is 12.1 Å². The molecule has 0 aliphatic carbocycles. The van der Waals surface area contributed by atoms with Crippen molar-refractivity contribution in [1.82, 2.24) is 10.3 Å². The number of ether oxygens (including phenoxy) is 3. The lowest BCUT2D eigenvalue weighted by Crippen LogP contribution is -2.36. The molecule has 3 rings (SSSR count). The van der Waals surface area contributed by atoms with Crippen molar-refractivity contribution in [3.05, 3.63) is 47.7 Å². The summed E-state index contributed by atoms with van der Waals surface area (Å²) in [4.78, 5) is 6.83. The number of rotatable bonds is 7. The second-order valence-corrected chi connectivity index (χ2v) is 5.92. The first-order valence-corrected chi connectivity index (χ1v) is 8.49. The summed E-state index contributed by atoms with van der Waals surface area (Å²) in [6.45, 7) is 4.89. The average Bonchev–Trinajstić information content (AvgIpc) is 2.69. The number of halogens is 1. The van der Waals surface area contributed by atoms with Crippen LogP contribution in [-0.2, 0) is 17.8 Å². The second-order valence-electron chi connectivity index (χ2n) is 5.92. The Morgan fingerprint density at radius 3 is 2.35 bits per heavy atom. The summed E-state index contributed by atoms with van der Waals surface area (Å²) in [5.74, 6) is 2.51. The molecular weight excluding hydrogens is 354 g/mol. The highest BCUT2D eigenvalue weighted by molar-refractivity contribution is 5.85. The highest BCUT2D eigenvalue weighted by atomic mass is 35.5. The van der Waals surface area contributed by atoms with E-state index in [0.29, 0.717) is 0 Å². The van der Waals surface area contributed by atoms with Gasteiger partial charge >= 0.3 is 0 Å². The number of nitrogens with one attached hydrogen (secondary N) is 1. The van der Waals surface area contributed by atoms with E-state index < -0.39 is 0 Å². The Bertz CT molecular complexity index is 676. The Labute approximate surface area is 160 Å². The maximum atomic E-state index is 5.37. The molecule has 1 aliphatic heterocycles. The quantitative estimate of drug-likeness (QED) is 0.798. The summed E-state index contributed by atoms with van der Waals surface area (Å²) in [6.07, 6.45) is 1.94. The molecule has 0 radical (unpaired) electrons. The van der Waals surface area contributed by atoms with Crippen molar-refractivity contribution < 1.29 is 14.2 Å². The monoisotopic (exact) mass is 379 g/mol. The molecular formula is C19H26ClN3O3. The minimum absolute atomic E-state index is 0. The number of benzene rings is 1. The van der Waals surface area contributed by atoms with E-state index in [9.17, 15) is 0 Å². The first kappa shape index (κ1) is 20.3. The van der Waals surface area contributed by atoms with Crippen LogP contribution in [0, 0.1) is 0 Å². The first-order valence-electron chi connectivity index (χ1n) is 8.49. The SMILES string of the molecule is COc1ccc(CNCc2ccc(N3CCOCC3)nc2)cc1OC.Cl. The summed E-state index contributed by atoms with van der Waals surface area (Å²) in [6, 6.07) is 10.2. The van der Waals surface area contributed by atoms with Crippen molar-refractivity contribution in [2.24, 2.45) is 0 Å². The zero-order chi connectivity index (χ0) is 17.5. The predicted molar refractivity (Wildman–Crippen MR) is 105 cm³/mol. The van der Waals surface area contributed by atoms with E-state index in [1.807, 2.05) is 24.4 Å². The summed E-state index contributed by atoms with van der Waals surface area (Å²) in [7, 11) is 3.29. The highest BCUT2D eigenvalue weighted by Gasteiger charge is 2.11. The van der Waals surface area contributed by atoms with Gasteiger partial charge in [0.2, 0.25) is 0 Å². The van der Waals surface area contributed by atoms with Crippen LogP contribution in [0.2, 0.25) is 0 Å². The molecule has 142 valence electrons. The summed E-state index contributed by atoms with van der Waals surface area (Å²) in [5, 5.41) is 3.44. The molecule has 0 saturated carbocycles. The number of morpholine rings is 1. The number of hydrogen-bond donors (Lipinski definition) is 1. The van der Waals surface area contributed by atoms with Crippen LogP contribution in [0.4, 0.5) is 5.82 Å². The van der Waals surface area contributed by atoms with E-state index >= 15 is 0 Å². The van der Waals surface area contributed by atoms with E-state index in [4.69, 9.17) is 14.2 Å². The molecule has 0 amide bonds. The van der Waals surface area contributed by atoms with E-state index in [-0.39, 0.29) is 12.4 Å². The van der Waals surface area contributed by atoms with E-state index in [0.717, 1.165) is 67.8 Å². The Kier molecular flexibility index (Phi) is 7.97. The van der Waals surface area contributed by atoms with Gasteiger partial charge in [-0.25, -0.2) is 4.98 Å². The van der Waals surface area contributed by atoms with Crippen molar-refractivity contribution in [2.75, 3.05) is 45.4 Å². The zero-order valence-electron chi connectivity index (χ0n) is 15.2. The molecule has 2 heterocycles. The Morgan fingerprint density at radius 1 is 1.00 bits per heavy atom. The van der Waals surface area contributed by atoms with Gasteiger partial charge in [0.25, 0.3) is 0 Å². The van der Waals surface area contributed by atoms with Gasteiger partial charge in [0.1, 0.15) is 5.82 Å². The van der Waals surface area contributed by atoms with Gasteiger partial charge in [0.05, 0.1) is 27.4 Å². The summed E-state index contributed by atoms with van der Waals surface area (Å²) >= 11 is 0. The van der Waals surface area contributed by atoms with Gasteiger partial charge < -0.3 is 24.4 Å². The predicted octanol–water partition coefficient (Wildman–Crippen LogP) is 2.65. The van der Waals surface area contributed by atoms with E-state index in [2.05, 4.69) is 27.3 Å². The molecule has 7 heteroatoms. The Morgan fingerprint density at radius 2 is 1.69 bits per heavy atom. The molecule has 0 atom stereocenters. The third kappa shape index (κ3) is 5.24. The van der Waals surface area contributed by atoms with E-state index in [1.54, 1.807) is 14.2 Å². The van der Waals surface area contributed by atoms with Crippen LogP contribution in [0.25, 0.3) is 0 Å². The van der Waals surface area contributed by atoms with Crippen molar-refractivity contribution in [1.29, 1.82) is 0 Å². The smallest absolute Gasteiger partial charge is 0.161 e. The maximum Gasteiger partial charge on any atom is 0.161 e. The molecule has 6 nitrogen and oxygen atoms in total. The molecule has 1 fully saturated rings. The lowest BCUT2D eigenvalue weighted by Gasteiger charge is -2.27. The normalized spacial score (nSPS) is 13.8. The average molecular weight is 380 g/mol. The third-order valence-corrected chi connectivity index (χ3v) is 4.25. The Hall–Kier alpha value is -2.02. The summed E-state index contributed by atoms with van der Waals surface area (Å²) in [5.41, 5.74) is 2.31. The fraction of sp³-hybridized carbons (Fsp3) is 0.421. The van der Waals surface area contributed by atoms with Gasteiger partial charge in [-0.05, 0) is 29.3 Å². The molecule has 1 aromatic heterocycles. The minimum atomic E-state index is 0. The molecule has 1 aromatic carbocycles. The number of aromatic nitrogens is 1. The van der Waals surface area contributed by atoms with Crippen LogP contribution in [0.3, 0.4) is 0 Å². The van der Waals surface area contributed by atoms with Crippen LogP contribution < -0.4 is 19.7 Å². The second kappa shape index (κ2) is 10.2. The topological polar surface area (TPSA) is 55.9 Å². The molecule has 26 heavy (non-hydrogen) atoms. The molecule has 0 unspecified atom stereocenters. The lowest BCUT2D eigenvalue weighted by molar-refractivity contribution is 0.122. The fourth-order valence-corrected chi connectivity index (χ4v) is 2.84. The third-order valence-electron chi connectivity index (χ3n) is 4.25. The van der Waals surface area contributed by atoms with Crippen molar-refractivity contribution >= 4 is 18.2 Å². The van der Waals surface area contributed by atoms with Gasteiger partial charge in [-0.15, -0.1) is 12.4 Å². The number of methoxy groups -OCH3 is 2. The zero-order valence-corrected chi connectivity index (χ0v) is 16.1. The van der Waals surface area contributed by atoms with E-state index in [1.165, 1.54) is 0 Å². The molecule has 0 spiro atoms. The Balaban J connectivity index is 0.00000243.